The smallest absolute Gasteiger partial charge is 0.155 e. The second-order valence-corrected chi connectivity index (χ2v) is 15.4. The van der Waals surface area contributed by atoms with Crippen LogP contribution in [0.2, 0.25) is 0 Å². The Morgan fingerprint density at radius 2 is 1.41 bits per heavy atom. The van der Waals surface area contributed by atoms with Crippen LogP contribution >= 0.6 is 11.3 Å². The fraction of sp³-hybridized carbons (Fsp3) is 0.100. The van der Waals surface area contributed by atoms with Crippen molar-refractivity contribution >= 4 is 54.0 Å². The lowest BCUT2D eigenvalue weighted by Gasteiger charge is -2.33. The van der Waals surface area contributed by atoms with E-state index in [2.05, 4.69) is 165 Å². The van der Waals surface area contributed by atoms with Gasteiger partial charge in [-0.25, -0.2) is 9.98 Å². The second-order valence-electron chi connectivity index (χ2n) is 14.3. The highest BCUT2D eigenvalue weighted by Gasteiger charge is 2.34. The van der Waals surface area contributed by atoms with E-state index in [0.717, 1.165) is 69.8 Å². The van der Waals surface area contributed by atoms with Crippen LogP contribution in [0, 0.1) is 12.1 Å². The summed E-state index contributed by atoms with van der Waals surface area (Å²) in [5.74, 6) is 0.767. The molecule has 0 spiro atoms. The Labute approximate surface area is 319 Å². The zero-order valence-electron chi connectivity index (χ0n) is 29.9. The van der Waals surface area contributed by atoms with Gasteiger partial charge in [0, 0.05) is 43.1 Å². The first-order valence-electron chi connectivity index (χ1n) is 18.5. The zero-order valence-corrected chi connectivity index (χ0v) is 30.7. The number of pyridine rings is 1. The van der Waals surface area contributed by atoms with Gasteiger partial charge < -0.3 is 0 Å². The van der Waals surface area contributed by atoms with E-state index in [1.54, 1.807) is 0 Å². The number of aliphatic imine (C=N–C) groups is 2. The third-order valence-corrected chi connectivity index (χ3v) is 12.1. The number of fused-ring (bicyclic) bond motifs is 5. The quantitative estimate of drug-likeness (QED) is 0.169. The molecule has 8 aromatic rings. The van der Waals surface area contributed by atoms with Gasteiger partial charge in [-0.05, 0) is 83.5 Å². The van der Waals surface area contributed by atoms with Gasteiger partial charge in [-0.3, -0.25) is 4.99 Å². The molecule has 3 nitrogen and oxygen atoms in total. The number of benzene rings is 5. The normalized spacial score (nSPS) is 16.9. The van der Waals surface area contributed by atoms with Gasteiger partial charge in [0.05, 0.1) is 22.5 Å². The Kier molecular flexibility index (Phi) is 7.90. The molecule has 0 saturated heterocycles. The molecule has 2 aliphatic rings. The van der Waals surface area contributed by atoms with E-state index < -0.39 is 5.54 Å². The number of hydrogen-bond donors (Lipinski definition) is 0. The third-order valence-electron chi connectivity index (χ3n) is 10.9. The molecule has 10 rings (SSSR count). The number of amidine groups is 1. The molecular weight excluding hydrogens is 675 g/mol. The number of rotatable bonds is 6. The highest BCUT2D eigenvalue weighted by atomic mass is 32.1. The van der Waals surface area contributed by atoms with Gasteiger partial charge in [0.1, 0.15) is 0 Å². The maximum Gasteiger partial charge on any atom is 0.155 e. The summed E-state index contributed by atoms with van der Waals surface area (Å²) >= 11 is 1.85. The molecule has 1 unspecified atom stereocenters. The lowest BCUT2D eigenvalue weighted by atomic mass is 9.80. The molecule has 54 heavy (non-hydrogen) atoms. The summed E-state index contributed by atoms with van der Waals surface area (Å²) in [5, 5.41) is 3.63. The number of allylic oxidation sites excluding steroid dienone is 3. The minimum Gasteiger partial charge on any atom is -0.255 e. The van der Waals surface area contributed by atoms with Gasteiger partial charge in [0.25, 0.3) is 0 Å². The van der Waals surface area contributed by atoms with E-state index in [4.69, 9.17) is 15.0 Å². The van der Waals surface area contributed by atoms with Crippen LogP contribution in [-0.4, -0.2) is 22.1 Å². The average molecular weight is 710 g/mol. The molecule has 1 atom stereocenters. The van der Waals surface area contributed by atoms with Crippen molar-refractivity contribution in [1.82, 2.24) is 4.98 Å². The fourth-order valence-electron chi connectivity index (χ4n) is 7.96. The Hall–Kier alpha value is -6.41. The number of nitrogens with zero attached hydrogens (tertiary/aromatic N) is 3. The van der Waals surface area contributed by atoms with E-state index >= 15 is 0 Å². The van der Waals surface area contributed by atoms with E-state index in [1.807, 2.05) is 23.5 Å². The monoisotopic (exact) mass is 709 g/mol. The van der Waals surface area contributed by atoms with Crippen molar-refractivity contribution < 1.29 is 0 Å². The minimum absolute atomic E-state index is 0.392. The van der Waals surface area contributed by atoms with Crippen molar-refractivity contribution in [2.24, 2.45) is 9.98 Å². The third kappa shape index (κ3) is 5.75. The van der Waals surface area contributed by atoms with Gasteiger partial charge in [-0.2, -0.15) is 0 Å². The predicted octanol–water partition coefficient (Wildman–Crippen LogP) is 12.9. The highest BCUT2D eigenvalue weighted by Crippen LogP contribution is 2.44. The van der Waals surface area contributed by atoms with Gasteiger partial charge in [0.15, 0.2) is 5.84 Å². The van der Waals surface area contributed by atoms with Crippen molar-refractivity contribution in [3.8, 4) is 33.5 Å². The molecule has 0 amide bonds. The maximum absolute atomic E-state index is 5.42. The van der Waals surface area contributed by atoms with E-state index in [-0.39, 0.29) is 0 Å². The van der Waals surface area contributed by atoms with Crippen LogP contribution in [-0.2, 0) is 0 Å². The average Bonchev–Trinajstić information content (AvgIpc) is 3.64. The molecule has 2 aromatic heterocycles. The summed E-state index contributed by atoms with van der Waals surface area (Å²) in [5.41, 5.74) is 11.8. The van der Waals surface area contributed by atoms with Crippen molar-refractivity contribution in [1.29, 1.82) is 0 Å². The molecule has 0 N–H and O–H groups in total. The topological polar surface area (TPSA) is 37.6 Å². The van der Waals surface area contributed by atoms with Crippen molar-refractivity contribution in [2.75, 3.05) is 0 Å². The van der Waals surface area contributed by atoms with Crippen molar-refractivity contribution in [3.05, 3.63) is 187 Å². The number of thiophene rings is 1. The van der Waals surface area contributed by atoms with Gasteiger partial charge >= 0.3 is 0 Å². The zero-order chi connectivity index (χ0) is 36.1. The molecular formula is C50H35N3S. The van der Waals surface area contributed by atoms with Crippen molar-refractivity contribution in [3.63, 3.8) is 0 Å². The molecule has 1 aliphatic heterocycles. The Morgan fingerprint density at radius 3 is 2.20 bits per heavy atom. The first-order chi connectivity index (χ1) is 26.6. The highest BCUT2D eigenvalue weighted by molar-refractivity contribution is 7.26. The maximum atomic E-state index is 5.42. The standard InChI is InChI=1S/C50H35N3S/c1-50(40-17-9-4-10-18-40)32-44(36-23-21-35(22-24-36)33-13-5-2-6-14-33)52-49(53-50)38-27-25-37(26-28-38)47-46-42-19-11-12-20-45(42)54-48(46)41-30-29-39(31-43(41)51-47)34-15-7-3-8-16-34/h3-5,7-9,11-17,19-31H,10,18,32H2,1H3. The van der Waals surface area contributed by atoms with Gasteiger partial charge in [0.2, 0.25) is 0 Å². The van der Waals surface area contributed by atoms with Crippen LogP contribution < -0.4 is 0 Å². The predicted molar refractivity (Wildman–Crippen MR) is 228 cm³/mol. The van der Waals surface area contributed by atoms with Crippen LogP contribution in [0.1, 0.15) is 37.3 Å². The molecule has 6 aromatic carbocycles. The summed E-state index contributed by atoms with van der Waals surface area (Å²) in [4.78, 5) is 16.1. The molecule has 256 valence electrons. The lowest BCUT2D eigenvalue weighted by Crippen LogP contribution is -2.34. The second kappa shape index (κ2) is 13.2. The van der Waals surface area contributed by atoms with Crippen LogP contribution in [0.3, 0.4) is 0 Å². The number of aromatic nitrogens is 1. The fourth-order valence-corrected chi connectivity index (χ4v) is 9.20. The Morgan fingerprint density at radius 1 is 0.667 bits per heavy atom. The molecule has 0 saturated carbocycles. The van der Waals surface area contributed by atoms with Crippen LogP contribution in [0.25, 0.3) is 64.6 Å². The Bertz CT molecular complexity index is 2830. The SMILES string of the molecule is CC1(C2=CC=CCC2)CC(c2ccc(-c3cc#ccc3)cc2)=NC(c2ccc(-c3nc4cc(-c5ccccc5)ccc4c4sc5ccccc5c34)cc2)=N1. The first-order valence-corrected chi connectivity index (χ1v) is 19.3. The van der Waals surface area contributed by atoms with Gasteiger partial charge in [-0.1, -0.05) is 140 Å². The molecule has 0 bridgehead atoms. The largest absolute Gasteiger partial charge is 0.255 e. The summed E-state index contributed by atoms with van der Waals surface area (Å²) in [7, 11) is 0. The minimum atomic E-state index is -0.392. The van der Waals surface area contributed by atoms with E-state index in [0.29, 0.717) is 0 Å². The first kappa shape index (κ1) is 32.3. The van der Waals surface area contributed by atoms with E-state index in [1.165, 1.54) is 42.3 Å². The summed E-state index contributed by atoms with van der Waals surface area (Å²) in [6, 6.07) is 55.4. The molecule has 1 aliphatic carbocycles. The lowest BCUT2D eigenvalue weighted by molar-refractivity contribution is 0.545. The summed E-state index contributed by atoms with van der Waals surface area (Å²) < 4.78 is 2.54. The molecule has 3 heterocycles. The van der Waals surface area contributed by atoms with Crippen molar-refractivity contribution in [2.45, 2.75) is 31.7 Å². The molecule has 0 radical (unpaired) electrons. The summed E-state index contributed by atoms with van der Waals surface area (Å²) in [6.07, 6.45) is 9.45. The van der Waals surface area contributed by atoms with Crippen LogP contribution in [0.5, 0.6) is 0 Å². The van der Waals surface area contributed by atoms with E-state index in [9.17, 15) is 0 Å². The van der Waals surface area contributed by atoms with Gasteiger partial charge in [-0.15, -0.1) is 11.3 Å². The number of hydrogen-bond acceptors (Lipinski definition) is 4. The van der Waals surface area contributed by atoms with Crippen LogP contribution in [0.15, 0.2) is 173 Å². The van der Waals surface area contributed by atoms with Crippen LogP contribution in [0.4, 0.5) is 0 Å². The molecule has 0 fully saturated rings. The Balaban J connectivity index is 1.08. The summed E-state index contributed by atoms with van der Waals surface area (Å²) in [6.45, 7) is 2.27. The molecule has 4 heteroatoms.